The molecular weight excluding hydrogens is 230 g/mol. The molecule has 1 rings (SSSR count). The van der Waals surface area contributed by atoms with Crippen LogP contribution in [0.25, 0.3) is 0 Å². The maximum absolute atomic E-state index is 11.1. The SMILES string of the molecule is CCOC(CN(CC)c1ccc(C)cc1)C(=O)O. The van der Waals surface area contributed by atoms with Crippen LogP contribution in [0.3, 0.4) is 0 Å². The van der Waals surface area contributed by atoms with E-state index in [0.29, 0.717) is 13.2 Å². The van der Waals surface area contributed by atoms with Crippen LogP contribution in [0.4, 0.5) is 5.69 Å². The first-order chi connectivity index (χ1) is 8.58. The van der Waals surface area contributed by atoms with Crippen LogP contribution in [-0.4, -0.2) is 36.9 Å². The van der Waals surface area contributed by atoms with Gasteiger partial charge in [-0.1, -0.05) is 17.7 Å². The maximum Gasteiger partial charge on any atom is 0.334 e. The number of hydrogen-bond acceptors (Lipinski definition) is 3. The number of likely N-dealkylation sites (N-methyl/N-ethyl adjacent to an activating group) is 1. The number of aliphatic carboxylic acids is 1. The molecule has 0 saturated heterocycles. The number of carboxylic acid groups (broad SMARTS) is 1. The Kier molecular flexibility index (Phi) is 5.65. The van der Waals surface area contributed by atoms with Crippen LogP contribution in [0.5, 0.6) is 0 Å². The van der Waals surface area contributed by atoms with Gasteiger partial charge in [0.1, 0.15) is 0 Å². The number of aryl methyl sites for hydroxylation is 1. The Bertz CT molecular complexity index is 375. The predicted molar refractivity (Wildman–Crippen MR) is 72.1 cm³/mol. The number of carboxylic acids is 1. The molecule has 0 amide bonds. The highest BCUT2D eigenvalue weighted by Gasteiger charge is 2.20. The molecule has 1 atom stereocenters. The number of carbonyl (C=O) groups is 1. The van der Waals surface area contributed by atoms with Crippen LogP contribution in [-0.2, 0) is 9.53 Å². The summed E-state index contributed by atoms with van der Waals surface area (Å²) in [4.78, 5) is 13.1. The molecule has 4 nitrogen and oxygen atoms in total. The van der Waals surface area contributed by atoms with Gasteiger partial charge >= 0.3 is 5.97 Å². The number of anilines is 1. The van der Waals surface area contributed by atoms with E-state index in [9.17, 15) is 4.79 Å². The molecule has 100 valence electrons. The average Bonchev–Trinajstić information content (AvgIpc) is 2.35. The summed E-state index contributed by atoms with van der Waals surface area (Å²) in [5, 5.41) is 9.09. The molecule has 0 bridgehead atoms. The summed E-state index contributed by atoms with van der Waals surface area (Å²) in [5.41, 5.74) is 2.21. The Morgan fingerprint density at radius 1 is 1.33 bits per heavy atom. The Hall–Kier alpha value is -1.55. The largest absolute Gasteiger partial charge is 0.479 e. The molecule has 0 aromatic heterocycles. The summed E-state index contributed by atoms with van der Waals surface area (Å²) in [6.07, 6.45) is -0.781. The monoisotopic (exact) mass is 251 g/mol. The van der Waals surface area contributed by atoms with Crippen molar-refractivity contribution in [2.24, 2.45) is 0 Å². The van der Waals surface area contributed by atoms with Crippen LogP contribution >= 0.6 is 0 Å². The van der Waals surface area contributed by atoms with Crippen molar-refractivity contribution in [2.45, 2.75) is 26.9 Å². The van der Waals surface area contributed by atoms with Gasteiger partial charge in [0.2, 0.25) is 0 Å². The molecule has 0 aliphatic heterocycles. The van der Waals surface area contributed by atoms with Gasteiger partial charge in [0, 0.05) is 18.8 Å². The number of nitrogens with zero attached hydrogens (tertiary/aromatic N) is 1. The Labute approximate surface area is 108 Å². The van der Waals surface area contributed by atoms with Gasteiger partial charge in [-0.15, -0.1) is 0 Å². The van der Waals surface area contributed by atoms with Gasteiger partial charge in [-0.3, -0.25) is 0 Å². The first kappa shape index (κ1) is 14.5. The van der Waals surface area contributed by atoms with Crippen molar-refractivity contribution < 1.29 is 14.6 Å². The lowest BCUT2D eigenvalue weighted by molar-refractivity contribution is -0.149. The van der Waals surface area contributed by atoms with Crippen LogP contribution < -0.4 is 4.90 Å². The molecule has 1 N–H and O–H groups in total. The molecular formula is C14H21NO3. The van der Waals surface area contributed by atoms with Gasteiger partial charge in [-0.25, -0.2) is 4.79 Å². The zero-order valence-electron chi connectivity index (χ0n) is 11.2. The minimum Gasteiger partial charge on any atom is -0.479 e. The fourth-order valence-corrected chi connectivity index (χ4v) is 1.78. The molecule has 1 aromatic rings. The molecule has 18 heavy (non-hydrogen) atoms. The first-order valence-corrected chi connectivity index (χ1v) is 6.24. The van der Waals surface area contributed by atoms with Crippen molar-refractivity contribution in [3.05, 3.63) is 29.8 Å². The Morgan fingerprint density at radius 3 is 2.39 bits per heavy atom. The molecule has 0 aliphatic rings. The highest BCUT2D eigenvalue weighted by Crippen LogP contribution is 2.15. The van der Waals surface area contributed by atoms with Gasteiger partial charge in [0.25, 0.3) is 0 Å². The Balaban J connectivity index is 2.76. The van der Waals surface area contributed by atoms with Crippen molar-refractivity contribution in [1.29, 1.82) is 0 Å². The van der Waals surface area contributed by atoms with E-state index in [2.05, 4.69) is 0 Å². The molecule has 4 heteroatoms. The van der Waals surface area contributed by atoms with E-state index in [0.717, 1.165) is 12.2 Å². The summed E-state index contributed by atoms with van der Waals surface area (Å²) in [6, 6.07) is 8.05. The van der Waals surface area contributed by atoms with E-state index in [1.165, 1.54) is 5.56 Å². The van der Waals surface area contributed by atoms with Gasteiger partial charge in [0.15, 0.2) is 6.10 Å². The highest BCUT2D eigenvalue weighted by atomic mass is 16.5. The van der Waals surface area contributed by atoms with Crippen LogP contribution in [0.1, 0.15) is 19.4 Å². The molecule has 0 spiro atoms. The third kappa shape index (κ3) is 4.04. The molecule has 1 unspecified atom stereocenters. The third-order valence-electron chi connectivity index (χ3n) is 2.81. The summed E-state index contributed by atoms with van der Waals surface area (Å²) < 4.78 is 5.24. The second-order valence-corrected chi connectivity index (χ2v) is 4.16. The lowest BCUT2D eigenvalue weighted by Gasteiger charge is -2.26. The maximum atomic E-state index is 11.1. The quantitative estimate of drug-likeness (QED) is 0.808. The smallest absolute Gasteiger partial charge is 0.334 e. The molecule has 0 heterocycles. The summed E-state index contributed by atoms with van der Waals surface area (Å²) in [5.74, 6) is -0.914. The van der Waals surface area contributed by atoms with E-state index < -0.39 is 12.1 Å². The van der Waals surface area contributed by atoms with Gasteiger partial charge in [-0.2, -0.15) is 0 Å². The topological polar surface area (TPSA) is 49.8 Å². The number of benzene rings is 1. The van der Waals surface area contributed by atoms with Gasteiger partial charge < -0.3 is 14.7 Å². The molecule has 0 aliphatic carbocycles. The second kappa shape index (κ2) is 7.01. The van der Waals surface area contributed by atoms with E-state index in [-0.39, 0.29) is 0 Å². The standard InChI is InChI=1S/C14H21NO3/c1-4-15(10-13(14(16)17)18-5-2)12-8-6-11(3)7-9-12/h6-9,13H,4-5,10H2,1-3H3,(H,16,17). The van der Waals surface area contributed by atoms with E-state index in [4.69, 9.17) is 9.84 Å². The summed E-state index contributed by atoms with van der Waals surface area (Å²) in [7, 11) is 0. The van der Waals surface area contributed by atoms with E-state index in [1.54, 1.807) is 6.92 Å². The van der Waals surface area contributed by atoms with E-state index in [1.807, 2.05) is 43.0 Å². The van der Waals surface area contributed by atoms with Crippen molar-refractivity contribution >= 4 is 11.7 Å². The Morgan fingerprint density at radius 2 is 1.94 bits per heavy atom. The minimum atomic E-state index is -0.914. The molecule has 1 aromatic carbocycles. The first-order valence-electron chi connectivity index (χ1n) is 6.24. The molecule has 0 fully saturated rings. The van der Waals surface area contributed by atoms with E-state index >= 15 is 0 Å². The average molecular weight is 251 g/mol. The van der Waals surface area contributed by atoms with Crippen molar-refractivity contribution in [3.8, 4) is 0 Å². The second-order valence-electron chi connectivity index (χ2n) is 4.16. The zero-order chi connectivity index (χ0) is 13.5. The minimum absolute atomic E-state index is 0.364. The summed E-state index contributed by atoms with van der Waals surface area (Å²) in [6.45, 7) is 7.36. The number of hydrogen-bond donors (Lipinski definition) is 1. The van der Waals surface area contributed by atoms with Crippen molar-refractivity contribution in [1.82, 2.24) is 0 Å². The molecule has 0 saturated carbocycles. The van der Waals surface area contributed by atoms with Gasteiger partial charge in [0.05, 0.1) is 6.54 Å². The lowest BCUT2D eigenvalue weighted by atomic mass is 10.2. The van der Waals surface area contributed by atoms with Crippen LogP contribution in [0.2, 0.25) is 0 Å². The fourth-order valence-electron chi connectivity index (χ4n) is 1.78. The fraction of sp³-hybridized carbons (Fsp3) is 0.500. The number of ether oxygens (including phenoxy) is 1. The lowest BCUT2D eigenvalue weighted by Crippen LogP contribution is -2.38. The number of rotatable bonds is 7. The summed E-state index contributed by atoms with van der Waals surface area (Å²) >= 11 is 0. The van der Waals surface area contributed by atoms with Crippen LogP contribution in [0.15, 0.2) is 24.3 Å². The van der Waals surface area contributed by atoms with Crippen molar-refractivity contribution in [2.75, 3.05) is 24.6 Å². The highest BCUT2D eigenvalue weighted by molar-refractivity contribution is 5.73. The zero-order valence-corrected chi connectivity index (χ0v) is 11.2. The van der Waals surface area contributed by atoms with Crippen LogP contribution in [0, 0.1) is 6.92 Å². The third-order valence-corrected chi connectivity index (χ3v) is 2.81. The molecule has 0 radical (unpaired) electrons. The normalized spacial score (nSPS) is 12.2. The van der Waals surface area contributed by atoms with Gasteiger partial charge in [-0.05, 0) is 32.9 Å². The predicted octanol–water partition coefficient (Wildman–Crippen LogP) is 2.31. The van der Waals surface area contributed by atoms with Crippen molar-refractivity contribution in [3.63, 3.8) is 0 Å².